The Bertz CT molecular complexity index is 633. The number of carbonyl (C=O) groups is 3. The fourth-order valence-corrected chi connectivity index (χ4v) is 2.77. The zero-order valence-corrected chi connectivity index (χ0v) is 17.0. The maximum Gasteiger partial charge on any atom is 0.305 e. The third kappa shape index (κ3) is 8.43. The predicted molar refractivity (Wildman–Crippen MR) is 105 cm³/mol. The highest BCUT2D eigenvalue weighted by molar-refractivity contribution is 6.31. The number of ether oxygens (including phenoxy) is 2. The van der Waals surface area contributed by atoms with Crippen molar-refractivity contribution in [3.63, 3.8) is 0 Å². The first-order valence-corrected chi connectivity index (χ1v) is 9.53. The summed E-state index contributed by atoms with van der Waals surface area (Å²) < 4.78 is 10.4. The Kier molecular flexibility index (Phi) is 10.5. The molecule has 1 aromatic carbocycles. The average Bonchev–Trinajstić information content (AvgIpc) is 2.63. The third-order valence-corrected chi connectivity index (χ3v) is 4.12. The summed E-state index contributed by atoms with van der Waals surface area (Å²) in [6.45, 7) is 3.72. The van der Waals surface area contributed by atoms with Gasteiger partial charge in [0, 0.05) is 17.9 Å². The lowest BCUT2D eigenvalue weighted by atomic mass is 10.1. The summed E-state index contributed by atoms with van der Waals surface area (Å²) in [5.74, 6) is 0.135. The van der Waals surface area contributed by atoms with Gasteiger partial charge >= 0.3 is 5.97 Å². The average molecular weight is 398 g/mol. The van der Waals surface area contributed by atoms with Gasteiger partial charge in [-0.2, -0.15) is 0 Å². The van der Waals surface area contributed by atoms with Crippen LogP contribution in [0.4, 0.5) is 5.69 Å². The van der Waals surface area contributed by atoms with Crippen molar-refractivity contribution in [3.05, 3.63) is 23.2 Å². The molecular formula is C20H28ClNO5. The lowest BCUT2D eigenvalue weighted by Crippen LogP contribution is -2.33. The monoisotopic (exact) mass is 397 g/mol. The van der Waals surface area contributed by atoms with Gasteiger partial charge in [0.2, 0.25) is 5.91 Å². The number of anilines is 1. The fourth-order valence-electron chi connectivity index (χ4n) is 2.60. The third-order valence-electron chi connectivity index (χ3n) is 3.88. The fraction of sp³-hybridized carbons (Fsp3) is 0.550. The van der Waals surface area contributed by atoms with Gasteiger partial charge in [-0.05, 0) is 44.9 Å². The van der Waals surface area contributed by atoms with Gasteiger partial charge in [-0.3, -0.25) is 9.59 Å². The molecule has 0 aliphatic rings. The largest absolute Gasteiger partial charge is 0.489 e. The van der Waals surface area contributed by atoms with Crippen molar-refractivity contribution in [1.82, 2.24) is 0 Å². The standard InChI is InChI=1S/C20H28ClNO5/c1-15(2)27-18-11-10-16(21)14-17(18)22(12-13-23)19(24)8-6-4-5-7-9-20(25)26-3/h10-11,13-15H,4-9,12H2,1-3H3. The Morgan fingerprint density at radius 1 is 1.15 bits per heavy atom. The first kappa shape index (κ1) is 23.0. The Morgan fingerprint density at radius 3 is 2.41 bits per heavy atom. The molecule has 150 valence electrons. The summed E-state index contributed by atoms with van der Waals surface area (Å²) in [5.41, 5.74) is 0.499. The van der Waals surface area contributed by atoms with E-state index < -0.39 is 0 Å². The summed E-state index contributed by atoms with van der Waals surface area (Å²) in [5, 5.41) is 0.465. The van der Waals surface area contributed by atoms with E-state index in [1.165, 1.54) is 12.0 Å². The number of esters is 1. The zero-order valence-electron chi connectivity index (χ0n) is 16.2. The number of nitrogens with zero attached hydrogens (tertiary/aromatic N) is 1. The maximum atomic E-state index is 12.7. The van der Waals surface area contributed by atoms with Crippen molar-refractivity contribution in [2.24, 2.45) is 0 Å². The number of carbonyl (C=O) groups excluding carboxylic acids is 3. The van der Waals surface area contributed by atoms with Gasteiger partial charge < -0.3 is 19.2 Å². The van der Waals surface area contributed by atoms with Gasteiger partial charge in [0.05, 0.1) is 25.4 Å². The van der Waals surface area contributed by atoms with Crippen LogP contribution < -0.4 is 9.64 Å². The molecule has 0 N–H and O–H groups in total. The molecule has 0 spiro atoms. The van der Waals surface area contributed by atoms with Crippen LogP contribution in [0.15, 0.2) is 18.2 Å². The van der Waals surface area contributed by atoms with E-state index in [0.717, 1.165) is 19.3 Å². The molecule has 0 aromatic heterocycles. The van der Waals surface area contributed by atoms with E-state index in [0.29, 0.717) is 42.0 Å². The molecule has 0 aliphatic heterocycles. The SMILES string of the molecule is COC(=O)CCCCCCC(=O)N(CC=O)c1cc(Cl)ccc1OC(C)C. The van der Waals surface area contributed by atoms with Gasteiger partial charge in [0.15, 0.2) is 0 Å². The van der Waals surface area contributed by atoms with Crippen molar-refractivity contribution >= 4 is 35.5 Å². The number of rotatable bonds is 12. The van der Waals surface area contributed by atoms with Crippen molar-refractivity contribution in [2.45, 2.75) is 58.5 Å². The van der Waals surface area contributed by atoms with Crippen LogP contribution in [0.25, 0.3) is 0 Å². The molecule has 0 bridgehead atoms. The molecule has 1 rings (SSSR count). The van der Waals surface area contributed by atoms with Gasteiger partial charge in [-0.15, -0.1) is 0 Å². The first-order chi connectivity index (χ1) is 12.9. The Morgan fingerprint density at radius 2 is 1.81 bits per heavy atom. The molecule has 1 aromatic rings. The quantitative estimate of drug-likeness (QED) is 0.300. The number of benzene rings is 1. The molecular weight excluding hydrogens is 370 g/mol. The lowest BCUT2D eigenvalue weighted by molar-refractivity contribution is -0.140. The van der Waals surface area contributed by atoms with Crippen LogP contribution in [0.5, 0.6) is 5.75 Å². The topological polar surface area (TPSA) is 72.9 Å². The summed E-state index contributed by atoms with van der Waals surface area (Å²) >= 11 is 6.08. The zero-order chi connectivity index (χ0) is 20.2. The molecule has 27 heavy (non-hydrogen) atoms. The molecule has 6 nitrogen and oxygen atoms in total. The van der Waals surface area contributed by atoms with Gasteiger partial charge in [-0.1, -0.05) is 24.4 Å². The van der Waals surface area contributed by atoms with Crippen LogP contribution in [0, 0.1) is 0 Å². The molecule has 1 amide bonds. The highest BCUT2D eigenvalue weighted by atomic mass is 35.5. The van der Waals surface area contributed by atoms with E-state index in [1.807, 2.05) is 13.8 Å². The molecule has 0 saturated heterocycles. The minimum atomic E-state index is -0.220. The number of unbranched alkanes of at least 4 members (excludes halogenated alkanes) is 3. The van der Waals surface area contributed by atoms with Crippen LogP contribution in [-0.2, 0) is 19.1 Å². The van der Waals surface area contributed by atoms with E-state index in [2.05, 4.69) is 4.74 Å². The van der Waals surface area contributed by atoms with Crippen LogP contribution in [0.2, 0.25) is 5.02 Å². The molecule has 0 aliphatic carbocycles. The minimum absolute atomic E-state index is 0.0596. The molecule has 0 radical (unpaired) electrons. The number of hydrogen-bond acceptors (Lipinski definition) is 5. The molecule has 0 saturated carbocycles. The Balaban J connectivity index is 2.69. The van der Waals surface area contributed by atoms with Crippen molar-refractivity contribution in [2.75, 3.05) is 18.6 Å². The second-order valence-corrected chi connectivity index (χ2v) is 6.88. The second-order valence-electron chi connectivity index (χ2n) is 6.44. The molecule has 0 heterocycles. The van der Waals surface area contributed by atoms with Crippen molar-refractivity contribution in [1.29, 1.82) is 0 Å². The number of halogens is 1. The summed E-state index contributed by atoms with van der Waals surface area (Å²) in [4.78, 5) is 36.2. The maximum absolute atomic E-state index is 12.7. The molecule has 7 heteroatoms. The molecule has 0 atom stereocenters. The number of methoxy groups -OCH3 is 1. The summed E-state index contributed by atoms with van der Waals surface area (Å²) in [7, 11) is 1.37. The number of aldehydes is 1. The van der Waals surface area contributed by atoms with Crippen LogP contribution in [-0.4, -0.2) is 37.9 Å². The summed E-state index contributed by atoms with van der Waals surface area (Å²) in [6.07, 6.45) is 4.38. The smallest absolute Gasteiger partial charge is 0.305 e. The van der Waals surface area contributed by atoms with Crippen LogP contribution in [0.1, 0.15) is 52.4 Å². The van der Waals surface area contributed by atoms with E-state index in [9.17, 15) is 14.4 Å². The van der Waals surface area contributed by atoms with E-state index in [-0.39, 0.29) is 24.5 Å². The van der Waals surface area contributed by atoms with Gasteiger partial charge in [0.1, 0.15) is 12.0 Å². The van der Waals surface area contributed by atoms with Gasteiger partial charge in [-0.25, -0.2) is 0 Å². The van der Waals surface area contributed by atoms with Crippen LogP contribution in [0.3, 0.4) is 0 Å². The summed E-state index contributed by atoms with van der Waals surface area (Å²) in [6, 6.07) is 5.03. The van der Waals surface area contributed by atoms with Crippen molar-refractivity contribution in [3.8, 4) is 5.75 Å². The Hall–Kier alpha value is -2.08. The first-order valence-electron chi connectivity index (χ1n) is 9.16. The van der Waals surface area contributed by atoms with E-state index in [1.54, 1.807) is 18.2 Å². The number of hydrogen-bond donors (Lipinski definition) is 0. The molecule has 0 unspecified atom stereocenters. The normalized spacial score (nSPS) is 10.6. The molecule has 0 fully saturated rings. The highest BCUT2D eigenvalue weighted by Crippen LogP contribution is 2.32. The van der Waals surface area contributed by atoms with Crippen molar-refractivity contribution < 1.29 is 23.9 Å². The predicted octanol–water partition coefficient (Wildman–Crippen LogP) is 4.17. The Labute approximate surface area is 165 Å². The van der Waals surface area contributed by atoms with Gasteiger partial charge in [0.25, 0.3) is 0 Å². The lowest BCUT2D eigenvalue weighted by Gasteiger charge is -2.24. The second kappa shape index (κ2) is 12.3. The number of amides is 1. The van der Waals surface area contributed by atoms with Crippen LogP contribution >= 0.6 is 11.6 Å². The minimum Gasteiger partial charge on any atom is -0.489 e. The van der Waals surface area contributed by atoms with E-state index in [4.69, 9.17) is 16.3 Å². The highest BCUT2D eigenvalue weighted by Gasteiger charge is 2.20. The van der Waals surface area contributed by atoms with E-state index >= 15 is 0 Å².